The number of anilines is 1. The van der Waals surface area contributed by atoms with Gasteiger partial charge in [-0.05, 0) is 60.9 Å². The van der Waals surface area contributed by atoms with Crippen molar-refractivity contribution in [1.82, 2.24) is 4.98 Å². The average molecular weight is 509 g/mol. The Morgan fingerprint density at radius 3 is 2.34 bits per heavy atom. The molecule has 32 heavy (non-hydrogen) atoms. The first-order valence-electron chi connectivity index (χ1n) is 10.3. The number of nitrogens with zero attached hydrogens (tertiary/aromatic N) is 2. The van der Waals surface area contributed by atoms with Crippen molar-refractivity contribution in [2.24, 2.45) is 0 Å². The fourth-order valence-corrected chi connectivity index (χ4v) is 5.47. The molecule has 0 unspecified atom stereocenters. The van der Waals surface area contributed by atoms with E-state index in [1.54, 1.807) is 24.3 Å². The molecule has 0 atom stereocenters. The molecule has 1 aliphatic heterocycles. The topological polar surface area (TPSA) is 63.4 Å². The van der Waals surface area contributed by atoms with Crippen molar-refractivity contribution in [2.45, 2.75) is 29.8 Å². The van der Waals surface area contributed by atoms with Crippen molar-refractivity contribution in [3.63, 3.8) is 0 Å². The lowest BCUT2D eigenvalue weighted by molar-refractivity contribution is 0.533. The molecule has 5 rings (SSSR count). The van der Waals surface area contributed by atoms with Gasteiger partial charge in [0.25, 0.3) is 0 Å². The highest BCUT2D eigenvalue weighted by Gasteiger charge is 2.32. The molecule has 2 heterocycles. The molecule has 4 aromatic rings. The smallest absolute Gasteiger partial charge is 0.236 e. The third-order valence-corrected chi connectivity index (χ3v) is 7.87. The second kappa shape index (κ2) is 8.22. The molecule has 0 radical (unpaired) electrons. The molecule has 162 valence electrons. The van der Waals surface area contributed by atoms with E-state index >= 15 is 0 Å². The average Bonchev–Trinajstić information content (AvgIpc) is 3.26. The van der Waals surface area contributed by atoms with Crippen LogP contribution in [0.15, 0.2) is 91.6 Å². The lowest BCUT2D eigenvalue weighted by atomic mass is 10.0. The van der Waals surface area contributed by atoms with Crippen LogP contribution < -0.4 is 4.90 Å². The van der Waals surface area contributed by atoms with Crippen LogP contribution in [-0.2, 0) is 22.8 Å². The number of hydrogen-bond donors (Lipinski definition) is 0. The van der Waals surface area contributed by atoms with Crippen molar-refractivity contribution in [3.8, 4) is 11.5 Å². The summed E-state index contributed by atoms with van der Waals surface area (Å²) in [4.78, 5) is 6.68. The first-order valence-corrected chi connectivity index (χ1v) is 12.6. The van der Waals surface area contributed by atoms with Gasteiger partial charge in [-0.15, -0.1) is 0 Å². The number of aromatic nitrogens is 1. The predicted molar refractivity (Wildman–Crippen MR) is 127 cm³/mol. The molecule has 3 aromatic carbocycles. The SMILES string of the molecule is Cc1ccc(S(=O)(=O)c2nc(-c3ccc(Br)cc3)oc2N2CCc3ccccc3C2)cc1. The molecule has 5 nitrogen and oxygen atoms in total. The van der Waals surface area contributed by atoms with E-state index in [0.29, 0.717) is 13.1 Å². The zero-order valence-electron chi connectivity index (χ0n) is 17.5. The summed E-state index contributed by atoms with van der Waals surface area (Å²) in [5.74, 6) is 0.579. The third kappa shape index (κ3) is 3.87. The first-order chi connectivity index (χ1) is 15.4. The maximum atomic E-state index is 13.6. The van der Waals surface area contributed by atoms with E-state index < -0.39 is 9.84 Å². The third-order valence-electron chi connectivity index (χ3n) is 5.67. The van der Waals surface area contributed by atoms with Crippen LogP contribution in [0.25, 0.3) is 11.5 Å². The Balaban J connectivity index is 1.63. The fourth-order valence-electron chi connectivity index (χ4n) is 3.89. The first kappa shape index (κ1) is 21.0. The number of aryl methyl sites for hydroxylation is 1. The number of rotatable bonds is 4. The van der Waals surface area contributed by atoms with Crippen molar-refractivity contribution < 1.29 is 12.8 Å². The van der Waals surface area contributed by atoms with Gasteiger partial charge < -0.3 is 9.32 Å². The van der Waals surface area contributed by atoms with Crippen LogP contribution >= 0.6 is 15.9 Å². The minimum atomic E-state index is -3.86. The van der Waals surface area contributed by atoms with Crippen LogP contribution in [0.4, 0.5) is 5.88 Å². The van der Waals surface area contributed by atoms with Gasteiger partial charge in [0.1, 0.15) is 0 Å². The van der Waals surface area contributed by atoms with E-state index in [1.807, 2.05) is 48.2 Å². The molecule has 0 saturated carbocycles. The number of hydrogen-bond acceptors (Lipinski definition) is 5. The van der Waals surface area contributed by atoms with Gasteiger partial charge in [0.15, 0.2) is 0 Å². The van der Waals surface area contributed by atoms with Crippen LogP contribution in [-0.4, -0.2) is 19.9 Å². The van der Waals surface area contributed by atoms with Crippen LogP contribution in [0.5, 0.6) is 0 Å². The van der Waals surface area contributed by atoms with Gasteiger partial charge in [-0.3, -0.25) is 0 Å². The standard InChI is InChI=1S/C25H21BrN2O3S/c1-17-6-12-22(13-7-17)32(29,30)24-25(28-15-14-18-4-2-3-5-20(18)16-28)31-23(27-24)19-8-10-21(26)11-9-19/h2-13H,14-16H2,1H3. The molecule has 1 aliphatic rings. The van der Waals surface area contributed by atoms with Crippen molar-refractivity contribution in [1.29, 1.82) is 0 Å². The monoisotopic (exact) mass is 508 g/mol. The Morgan fingerprint density at radius 2 is 1.62 bits per heavy atom. The molecule has 0 aliphatic carbocycles. The maximum absolute atomic E-state index is 13.6. The molecule has 1 aromatic heterocycles. The lowest BCUT2D eigenvalue weighted by Crippen LogP contribution is -2.31. The normalized spacial score (nSPS) is 13.8. The van der Waals surface area contributed by atoms with E-state index in [9.17, 15) is 8.42 Å². The van der Waals surface area contributed by atoms with E-state index in [1.165, 1.54) is 11.1 Å². The number of sulfone groups is 1. The van der Waals surface area contributed by atoms with E-state index in [2.05, 4.69) is 33.0 Å². The summed E-state index contributed by atoms with van der Waals surface area (Å²) >= 11 is 3.43. The van der Waals surface area contributed by atoms with Gasteiger partial charge in [-0.25, -0.2) is 8.42 Å². The minimum Gasteiger partial charge on any atom is -0.419 e. The summed E-state index contributed by atoms with van der Waals surface area (Å²) < 4.78 is 34.3. The second-order valence-electron chi connectivity index (χ2n) is 7.89. The molecule has 0 N–H and O–H groups in total. The Bertz CT molecular complexity index is 1380. The molecule has 0 fully saturated rings. The Labute approximate surface area is 195 Å². The van der Waals surface area contributed by atoms with Gasteiger partial charge >= 0.3 is 0 Å². The summed E-state index contributed by atoms with van der Waals surface area (Å²) in [6.45, 7) is 3.15. The largest absolute Gasteiger partial charge is 0.419 e. The second-order valence-corrected chi connectivity index (χ2v) is 10.7. The lowest BCUT2D eigenvalue weighted by Gasteiger charge is -2.28. The Morgan fingerprint density at radius 1 is 0.938 bits per heavy atom. The van der Waals surface area contributed by atoms with E-state index in [0.717, 1.165) is 22.0 Å². The summed E-state index contributed by atoms with van der Waals surface area (Å²) in [5.41, 5.74) is 4.16. The van der Waals surface area contributed by atoms with Crippen molar-refractivity contribution in [3.05, 3.63) is 94.0 Å². The summed E-state index contributed by atoms with van der Waals surface area (Å²) in [6.07, 6.45) is 0.814. The van der Waals surface area contributed by atoms with Crippen LogP contribution in [0.3, 0.4) is 0 Å². The van der Waals surface area contributed by atoms with E-state index in [4.69, 9.17) is 4.42 Å². The Hall–Kier alpha value is -2.90. The zero-order valence-corrected chi connectivity index (χ0v) is 19.9. The number of benzene rings is 3. The summed E-state index contributed by atoms with van der Waals surface area (Å²) in [6, 6.07) is 22.5. The van der Waals surface area contributed by atoms with Gasteiger partial charge in [-0.1, -0.05) is 57.9 Å². The number of halogens is 1. The summed E-state index contributed by atoms with van der Waals surface area (Å²) in [5, 5.41) is -0.0429. The Kier molecular flexibility index (Phi) is 5.39. The van der Waals surface area contributed by atoms with Crippen molar-refractivity contribution >= 4 is 31.7 Å². The predicted octanol–water partition coefficient (Wildman–Crippen LogP) is 5.81. The van der Waals surface area contributed by atoms with Crippen LogP contribution in [0, 0.1) is 6.92 Å². The fraction of sp³-hybridized carbons (Fsp3) is 0.160. The van der Waals surface area contributed by atoms with Gasteiger partial charge in [0.05, 0.1) is 4.90 Å². The quantitative estimate of drug-likeness (QED) is 0.348. The molecular formula is C25H21BrN2O3S. The van der Waals surface area contributed by atoms with Gasteiger partial charge in [0.2, 0.25) is 26.6 Å². The van der Waals surface area contributed by atoms with Gasteiger partial charge in [0, 0.05) is 23.1 Å². The number of oxazole rings is 1. The molecule has 0 spiro atoms. The minimum absolute atomic E-state index is 0.0429. The maximum Gasteiger partial charge on any atom is 0.236 e. The van der Waals surface area contributed by atoms with E-state index in [-0.39, 0.29) is 21.7 Å². The highest BCUT2D eigenvalue weighted by Crippen LogP contribution is 2.37. The highest BCUT2D eigenvalue weighted by atomic mass is 79.9. The molecular weight excluding hydrogens is 488 g/mol. The number of fused-ring (bicyclic) bond motifs is 1. The zero-order chi connectivity index (χ0) is 22.3. The van der Waals surface area contributed by atoms with Crippen molar-refractivity contribution in [2.75, 3.05) is 11.4 Å². The molecule has 0 amide bonds. The molecule has 0 saturated heterocycles. The van der Waals surface area contributed by atoms with Crippen LogP contribution in [0.2, 0.25) is 0 Å². The molecule has 0 bridgehead atoms. The molecule has 7 heteroatoms. The van der Waals surface area contributed by atoms with Crippen LogP contribution in [0.1, 0.15) is 16.7 Å². The van der Waals surface area contributed by atoms with Gasteiger partial charge in [-0.2, -0.15) is 4.98 Å². The highest BCUT2D eigenvalue weighted by molar-refractivity contribution is 9.10. The summed E-state index contributed by atoms with van der Waals surface area (Å²) in [7, 11) is -3.86.